The molecule has 1 N–H and O–H groups in total. The third-order valence-electron chi connectivity index (χ3n) is 6.53. The molecule has 0 aromatic heterocycles. The maximum atomic E-state index is 13.3. The second kappa shape index (κ2) is 10.1. The summed E-state index contributed by atoms with van der Waals surface area (Å²) in [6, 6.07) is 9.25. The summed E-state index contributed by atoms with van der Waals surface area (Å²) in [5.74, 6) is -4.01. The zero-order chi connectivity index (χ0) is 26.9. The molecule has 0 spiro atoms. The van der Waals surface area contributed by atoms with Crippen LogP contribution >= 0.6 is 0 Å². The number of carbonyl (C=O) groups excluding carboxylic acids is 3. The molecule has 1 unspecified atom stereocenters. The average molecular weight is 519 g/mol. The van der Waals surface area contributed by atoms with Crippen LogP contribution in [-0.2, 0) is 33.5 Å². The van der Waals surface area contributed by atoms with Crippen LogP contribution in [-0.4, -0.2) is 65.1 Å². The van der Waals surface area contributed by atoms with E-state index in [0.717, 1.165) is 16.5 Å². The van der Waals surface area contributed by atoms with E-state index in [1.807, 2.05) is 0 Å². The monoisotopic (exact) mass is 519 g/mol. The Bertz CT molecular complexity index is 1230. The van der Waals surface area contributed by atoms with Crippen LogP contribution in [0.4, 0.5) is 28.4 Å². The Labute approximate surface area is 210 Å². The normalized spacial score (nSPS) is 18.4. The Kier molecular flexibility index (Phi) is 7.10. The van der Waals surface area contributed by atoms with Gasteiger partial charge in [0.1, 0.15) is 6.61 Å². The van der Waals surface area contributed by atoms with Gasteiger partial charge in [0.05, 0.1) is 18.7 Å². The van der Waals surface area contributed by atoms with Crippen molar-refractivity contribution in [1.82, 2.24) is 9.80 Å². The van der Waals surface area contributed by atoms with Crippen LogP contribution in [0.3, 0.4) is 0 Å². The first-order valence-corrected chi connectivity index (χ1v) is 11.5. The van der Waals surface area contributed by atoms with Crippen LogP contribution in [0.2, 0.25) is 0 Å². The first kappa shape index (κ1) is 26.0. The van der Waals surface area contributed by atoms with Gasteiger partial charge in [0, 0.05) is 18.8 Å². The predicted molar refractivity (Wildman–Crippen MR) is 124 cm³/mol. The van der Waals surface area contributed by atoms with Gasteiger partial charge >= 0.3 is 24.3 Å². The molecule has 2 fully saturated rings. The molecule has 4 amide bonds. The lowest BCUT2D eigenvalue weighted by molar-refractivity contribution is -0.150. The lowest BCUT2D eigenvalue weighted by Crippen LogP contribution is -2.58. The maximum Gasteiger partial charge on any atom is 0.416 e. The molecule has 2 saturated heterocycles. The van der Waals surface area contributed by atoms with Crippen LogP contribution in [0.1, 0.15) is 22.3 Å². The molecule has 0 bridgehead atoms. The predicted octanol–water partition coefficient (Wildman–Crippen LogP) is 3.68. The van der Waals surface area contributed by atoms with Gasteiger partial charge in [0.2, 0.25) is 5.91 Å². The molecule has 9 nitrogen and oxygen atoms in total. The summed E-state index contributed by atoms with van der Waals surface area (Å²) < 4.78 is 44.9. The van der Waals surface area contributed by atoms with Crippen LogP contribution in [0.25, 0.3) is 0 Å². The van der Waals surface area contributed by atoms with Gasteiger partial charge in [-0.3, -0.25) is 19.4 Å². The van der Waals surface area contributed by atoms with Gasteiger partial charge in [-0.25, -0.2) is 9.59 Å². The Morgan fingerprint density at radius 2 is 1.81 bits per heavy atom. The number of rotatable bonds is 7. The molecule has 2 aliphatic rings. The molecular formula is C25H24F3N3O6. The first-order valence-electron chi connectivity index (χ1n) is 11.5. The topological polar surface area (TPSA) is 107 Å². The van der Waals surface area contributed by atoms with Gasteiger partial charge in [-0.15, -0.1) is 0 Å². The summed E-state index contributed by atoms with van der Waals surface area (Å²) >= 11 is 0. The number of anilines is 1. The molecule has 0 saturated carbocycles. The number of imide groups is 1. The van der Waals surface area contributed by atoms with Crippen molar-refractivity contribution in [3.63, 3.8) is 0 Å². The number of urea groups is 1. The number of ether oxygens (including phenoxy) is 1. The van der Waals surface area contributed by atoms with E-state index in [4.69, 9.17) is 4.74 Å². The molecule has 0 radical (unpaired) electrons. The minimum atomic E-state index is -4.62. The average Bonchev–Trinajstić information content (AvgIpc) is 3.25. The molecule has 2 aliphatic heterocycles. The molecule has 12 heteroatoms. The van der Waals surface area contributed by atoms with E-state index in [9.17, 15) is 37.5 Å². The highest BCUT2D eigenvalue weighted by atomic mass is 19.4. The Hall–Kier alpha value is -4.09. The quantitative estimate of drug-likeness (QED) is 0.560. The van der Waals surface area contributed by atoms with Gasteiger partial charge in [0.25, 0.3) is 0 Å². The fourth-order valence-electron chi connectivity index (χ4n) is 4.38. The first-order chi connectivity index (χ1) is 17.5. The van der Waals surface area contributed by atoms with Crippen molar-refractivity contribution in [2.75, 3.05) is 31.1 Å². The van der Waals surface area contributed by atoms with E-state index in [1.54, 1.807) is 29.2 Å². The summed E-state index contributed by atoms with van der Waals surface area (Å²) in [5, 5.41) is 9.61. The minimum Gasteiger partial charge on any atom is -0.481 e. The van der Waals surface area contributed by atoms with Crippen molar-refractivity contribution in [1.29, 1.82) is 0 Å². The smallest absolute Gasteiger partial charge is 0.416 e. The second-order valence-corrected chi connectivity index (χ2v) is 8.81. The SMILES string of the molecule is Cc1c(CN2C(=O)C(C(=O)O)CN(c3ccc(CCN4CCOC4=O)cc3)C2=O)cccc1C(F)(F)F. The van der Waals surface area contributed by atoms with Crippen molar-refractivity contribution in [3.8, 4) is 0 Å². The standard InChI is InChI=1S/C25H24F3N3O6/c1-15-17(3-2-4-20(15)25(26,27)28)13-31-21(32)19(22(33)34)14-30(23(31)35)18-7-5-16(6-8-18)9-10-29-11-12-37-24(29)36/h2-8,19H,9-14H2,1H3,(H,33,34). The molecule has 4 rings (SSSR count). The van der Waals surface area contributed by atoms with Crippen molar-refractivity contribution in [2.24, 2.45) is 5.92 Å². The zero-order valence-corrected chi connectivity index (χ0v) is 19.8. The summed E-state index contributed by atoms with van der Waals surface area (Å²) in [6.07, 6.45) is -4.47. The number of alkyl halides is 3. The van der Waals surface area contributed by atoms with Crippen LogP contribution < -0.4 is 4.90 Å². The second-order valence-electron chi connectivity index (χ2n) is 8.81. The van der Waals surface area contributed by atoms with Crippen molar-refractivity contribution >= 4 is 29.7 Å². The number of carboxylic acid groups (broad SMARTS) is 1. The number of halogens is 3. The number of carbonyl (C=O) groups is 4. The molecule has 2 aromatic carbocycles. The molecule has 37 heavy (non-hydrogen) atoms. The van der Waals surface area contributed by atoms with Gasteiger partial charge in [-0.1, -0.05) is 24.3 Å². The van der Waals surface area contributed by atoms with Crippen LogP contribution in [0.15, 0.2) is 42.5 Å². The number of hydrogen-bond acceptors (Lipinski definition) is 5. The van der Waals surface area contributed by atoms with Crippen molar-refractivity contribution in [2.45, 2.75) is 26.1 Å². The van der Waals surface area contributed by atoms with E-state index in [1.165, 1.54) is 19.1 Å². The largest absolute Gasteiger partial charge is 0.481 e. The van der Waals surface area contributed by atoms with Gasteiger partial charge in [0.15, 0.2) is 5.92 Å². The van der Waals surface area contributed by atoms with E-state index in [2.05, 4.69) is 0 Å². The number of carboxylic acids is 1. The third-order valence-corrected chi connectivity index (χ3v) is 6.53. The van der Waals surface area contributed by atoms with Gasteiger partial charge in [-0.05, 0) is 48.2 Å². The molecule has 196 valence electrons. The fourth-order valence-corrected chi connectivity index (χ4v) is 4.38. The van der Waals surface area contributed by atoms with Gasteiger partial charge in [-0.2, -0.15) is 13.2 Å². The summed E-state index contributed by atoms with van der Waals surface area (Å²) in [4.78, 5) is 52.9. The number of benzene rings is 2. The lowest BCUT2D eigenvalue weighted by atomic mass is 9.99. The van der Waals surface area contributed by atoms with Crippen LogP contribution in [0.5, 0.6) is 0 Å². The Balaban J connectivity index is 1.56. The number of hydrogen-bond donors (Lipinski definition) is 1. The fraction of sp³-hybridized carbons (Fsp3) is 0.360. The highest BCUT2D eigenvalue weighted by Gasteiger charge is 2.44. The minimum absolute atomic E-state index is 0.0818. The maximum absolute atomic E-state index is 13.3. The summed E-state index contributed by atoms with van der Waals surface area (Å²) in [7, 11) is 0. The summed E-state index contributed by atoms with van der Waals surface area (Å²) in [5.41, 5.74) is 0.226. The Morgan fingerprint density at radius 1 is 1.11 bits per heavy atom. The molecular weight excluding hydrogens is 495 g/mol. The number of aliphatic carboxylic acids is 1. The van der Waals surface area contributed by atoms with E-state index >= 15 is 0 Å². The summed E-state index contributed by atoms with van der Waals surface area (Å²) in [6.45, 7) is 1.62. The van der Waals surface area contributed by atoms with Crippen molar-refractivity contribution < 1.29 is 42.2 Å². The van der Waals surface area contributed by atoms with E-state index in [0.29, 0.717) is 36.7 Å². The van der Waals surface area contributed by atoms with Crippen LogP contribution in [0, 0.1) is 12.8 Å². The van der Waals surface area contributed by atoms with Gasteiger partial charge < -0.3 is 14.7 Å². The number of nitrogens with zero attached hydrogens (tertiary/aromatic N) is 3. The Morgan fingerprint density at radius 3 is 2.41 bits per heavy atom. The molecule has 0 aliphatic carbocycles. The number of cyclic esters (lactones) is 1. The molecule has 2 heterocycles. The molecule has 1 atom stereocenters. The zero-order valence-electron chi connectivity index (χ0n) is 19.8. The van der Waals surface area contributed by atoms with E-state index in [-0.39, 0.29) is 17.2 Å². The number of amides is 4. The van der Waals surface area contributed by atoms with E-state index < -0.39 is 48.7 Å². The highest BCUT2D eigenvalue weighted by molar-refractivity contribution is 6.12. The molecule has 2 aromatic rings. The lowest BCUT2D eigenvalue weighted by Gasteiger charge is -2.37. The van der Waals surface area contributed by atoms with Crippen molar-refractivity contribution in [3.05, 3.63) is 64.7 Å². The third kappa shape index (κ3) is 5.37. The highest BCUT2D eigenvalue weighted by Crippen LogP contribution is 2.34.